The average molecular weight is 262 g/mol. The first-order valence-corrected chi connectivity index (χ1v) is 6.50. The standard InChI is InChI=1S/C14H15FN2O2/c15-12-5-4-9(6-8(12)7-16)17-13(18)10-2-1-3-11(10)14(17)19/h4-6,10-11H,1-3,7,16H2. The van der Waals surface area contributed by atoms with Gasteiger partial charge in [0.05, 0.1) is 17.5 Å². The molecular weight excluding hydrogens is 247 g/mol. The van der Waals surface area contributed by atoms with E-state index in [0.29, 0.717) is 11.3 Å². The molecule has 1 aliphatic heterocycles. The molecule has 0 aromatic heterocycles. The summed E-state index contributed by atoms with van der Waals surface area (Å²) >= 11 is 0. The van der Waals surface area contributed by atoms with E-state index in [0.717, 1.165) is 19.3 Å². The Balaban J connectivity index is 1.98. The molecule has 5 heteroatoms. The van der Waals surface area contributed by atoms with Crippen LogP contribution in [0.2, 0.25) is 0 Å². The third-order valence-electron chi connectivity index (χ3n) is 4.10. The maximum Gasteiger partial charge on any atom is 0.237 e. The van der Waals surface area contributed by atoms with Crippen LogP contribution in [0.15, 0.2) is 18.2 Å². The molecule has 1 saturated carbocycles. The topological polar surface area (TPSA) is 63.4 Å². The van der Waals surface area contributed by atoms with E-state index < -0.39 is 5.82 Å². The molecule has 4 nitrogen and oxygen atoms in total. The molecule has 0 spiro atoms. The number of nitrogens with zero attached hydrogens (tertiary/aromatic N) is 1. The molecule has 3 rings (SSSR count). The first kappa shape index (κ1) is 12.3. The highest BCUT2D eigenvalue weighted by atomic mass is 19.1. The lowest BCUT2D eigenvalue weighted by Gasteiger charge is -2.17. The maximum absolute atomic E-state index is 13.4. The summed E-state index contributed by atoms with van der Waals surface area (Å²) in [6.07, 6.45) is 2.48. The number of carbonyl (C=O) groups excluding carboxylic acids is 2. The Kier molecular flexibility index (Phi) is 2.86. The number of benzene rings is 1. The van der Waals surface area contributed by atoms with Crippen molar-refractivity contribution in [3.05, 3.63) is 29.6 Å². The Hall–Kier alpha value is -1.75. The number of hydrogen-bond donors (Lipinski definition) is 1. The van der Waals surface area contributed by atoms with Gasteiger partial charge in [-0.3, -0.25) is 14.5 Å². The van der Waals surface area contributed by atoms with Gasteiger partial charge >= 0.3 is 0 Å². The van der Waals surface area contributed by atoms with Crippen molar-refractivity contribution in [1.29, 1.82) is 0 Å². The van der Waals surface area contributed by atoms with Crippen molar-refractivity contribution in [2.24, 2.45) is 17.6 Å². The largest absolute Gasteiger partial charge is 0.326 e. The monoisotopic (exact) mass is 262 g/mol. The lowest BCUT2D eigenvalue weighted by molar-refractivity contribution is -0.122. The van der Waals surface area contributed by atoms with Gasteiger partial charge in [0.25, 0.3) is 0 Å². The third kappa shape index (κ3) is 1.76. The molecule has 2 aliphatic rings. The van der Waals surface area contributed by atoms with Crippen molar-refractivity contribution in [3.63, 3.8) is 0 Å². The van der Waals surface area contributed by atoms with Gasteiger partial charge in [0, 0.05) is 12.1 Å². The Labute approximate surface area is 110 Å². The van der Waals surface area contributed by atoms with E-state index in [9.17, 15) is 14.0 Å². The summed E-state index contributed by atoms with van der Waals surface area (Å²) in [7, 11) is 0. The number of fused-ring (bicyclic) bond motifs is 1. The van der Waals surface area contributed by atoms with E-state index >= 15 is 0 Å². The first-order valence-electron chi connectivity index (χ1n) is 6.50. The molecule has 1 heterocycles. The van der Waals surface area contributed by atoms with Gasteiger partial charge in [0.1, 0.15) is 5.82 Å². The maximum atomic E-state index is 13.4. The lowest BCUT2D eigenvalue weighted by Crippen LogP contribution is -2.31. The van der Waals surface area contributed by atoms with Gasteiger partial charge < -0.3 is 5.73 Å². The van der Waals surface area contributed by atoms with Crippen LogP contribution >= 0.6 is 0 Å². The fourth-order valence-electron chi connectivity index (χ4n) is 3.10. The lowest BCUT2D eigenvalue weighted by atomic mass is 10.00. The highest BCUT2D eigenvalue weighted by Crippen LogP contribution is 2.41. The molecule has 0 bridgehead atoms. The smallest absolute Gasteiger partial charge is 0.237 e. The minimum atomic E-state index is -0.412. The van der Waals surface area contributed by atoms with Gasteiger partial charge in [-0.2, -0.15) is 0 Å². The fourth-order valence-corrected chi connectivity index (χ4v) is 3.10. The van der Waals surface area contributed by atoms with Crippen molar-refractivity contribution < 1.29 is 14.0 Å². The highest BCUT2D eigenvalue weighted by molar-refractivity contribution is 6.22. The Bertz CT molecular complexity index is 536. The summed E-state index contributed by atoms with van der Waals surface area (Å²) in [4.78, 5) is 25.7. The van der Waals surface area contributed by atoms with E-state index in [1.54, 1.807) is 0 Å². The molecular formula is C14H15FN2O2. The van der Waals surface area contributed by atoms with Gasteiger partial charge in [-0.15, -0.1) is 0 Å². The van der Waals surface area contributed by atoms with E-state index in [1.807, 2.05) is 0 Å². The summed E-state index contributed by atoms with van der Waals surface area (Å²) in [6.45, 7) is 0.0444. The van der Waals surface area contributed by atoms with E-state index in [1.165, 1.54) is 23.1 Å². The zero-order valence-corrected chi connectivity index (χ0v) is 10.4. The number of anilines is 1. The molecule has 1 saturated heterocycles. The molecule has 100 valence electrons. The predicted octanol–water partition coefficient (Wildman–Crippen LogP) is 1.57. The number of hydrogen-bond acceptors (Lipinski definition) is 3. The summed E-state index contributed by atoms with van der Waals surface area (Å²) in [6, 6.07) is 4.21. The normalized spacial score (nSPS) is 26.1. The van der Waals surface area contributed by atoms with Crippen LogP contribution in [0.25, 0.3) is 0 Å². The number of nitrogens with two attached hydrogens (primary N) is 1. The first-order chi connectivity index (χ1) is 9.13. The van der Waals surface area contributed by atoms with Gasteiger partial charge in [-0.25, -0.2) is 4.39 Å². The zero-order valence-electron chi connectivity index (χ0n) is 10.4. The van der Waals surface area contributed by atoms with E-state index in [2.05, 4.69) is 0 Å². The van der Waals surface area contributed by atoms with Crippen molar-refractivity contribution in [3.8, 4) is 0 Å². The van der Waals surface area contributed by atoms with Gasteiger partial charge in [-0.1, -0.05) is 6.42 Å². The molecule has 19 heavy (non-hydrogen) atoms. The Morgan fingerprint density at radius 3 is 2.42 bits per heavy atom. The van der Waals surface area contributed by atoms with E-state index in [-0.39, 0.29) is 30.2 Å². The summed E-state index contributed by atoms with van der Waals surface area (Å²) in [5.41, 5.74) is 6.20. The molecule has 1 aromatic carbocycles. The number of imide groups is 1. The summed E-state index contributed by atoms with van der Waals surface area (Å²) in [5, 5.41) is 0. The second kappa shape index (κ2) is 4.42. The fraction of sp³-hybridized carbons (Fsp3) is 0.429. The van der Waals surface area contributed by atoms with Gasteiger partial charge in [-0.05, 0) is 31.0 Å². The average Bonchev–Trinajstić information content (AvgIpc) is 2.96. The highest BCUT2D eigenvalue weighted by Gasteiger charge is 2.50. The molecule has 0 radical (unpaired) electrons. The van der Waals surface area contributed by atoms with Crippen LogP contribution in [0.5, 0.6) is 0 Å². The SMILES string of the molecule is NCc1cc(N2C(=O)C3CCCC3C2=O)ccc1F. The molecule has 1 aromatic rings. The van der Waals surface area contributed by atoms with Crippen LogP contribution in [0.4, 0.5) is 10.1 Å². The molecule has 2 atom stereocenters. The van der Waals surface area contributed by atoms with Crippen LogP contribution in [0, 0.1) is 17.7 Å². The van der Waals surface area contributed by atoms with Crippen molar-refractivity contribution in [2.45, 2.75) is 25.8 Å². The number of rotatable bonds is 2. The van der Waals surface area contributed by atoms with Crippen LogP contribution in [-0.4, -0.2) is 11.8 Å². The second-order valence-electron chi connectivity index (χ2n) is 5.14. The van der Waals surface area contributed by atoms with Gasteiger partial charge in [0.2, 0.25) is 11.8 Å². The minimum absolute atomic E-state index is 0.0444. The van der Waals surface area contributed by atoms with Crippen LogP contribution in [0.3, 0.4) is 0 Å². The Morgan fingerprint density at radius 1 is 1.21 bits per heavy atom. The van der Waals surface area contributed by atoms with Crippen LogP contribution < -0.4 is 10.6 Å². The third-order valence-corrected chi connectivity index (χ3v) is 4.10. The van der Waals surface area contributed by atoms with Crippen LogP contribution in [0.1, 0.15) is 24.8 Å². The number of amides is 2. The van der Waals surface area contributed by atoms with E-state index in [4.69, 9.17) is 5.73 Å². The summed E-state index contributed by atoms with van der Waals surface area (Å²) < 4.78 is 13.4. The summed E-state index contributed by atoms with van der Waals surface area (Å²) in [5.74, 6) is -1.08. The quantitative estimate of drug-likeness (QED) is 0.823. The van der Waals surface area contributed by atoms with Crippen molar-refractivity contribution >= 4 is 17.5 Å². The van der Waals surface area contributed by atoms with Crippen LogP contribution in [-0.2, 0) is 16.1 Å². The van der Waals surface area contributed by atoms with Gasteiger partial charge in [0.15, 0.2) is 0 Å². The Morgan fingerprint density at radius 2 is 1.84 bits per heavy atom. The molecule has 2 fully saturated rings. The predicted molar refractivity (Wildman–Crippen MR) is 67.6 cm³/mol. The molecule has 2 N–H and O–H groups in total. The molecule has 1 aliphatic carbocycles. The molecule has 2 amide bonds. The second-order valence-corrected chi connectivity index (χ2v) is 5.14. The zero-order chi connectivity index (χ0) is 13.6. The van der Waals surface area contributed by atoms with Crippen molar-refractivity contribution in [2.75, 3.05) is 4.90 Å². The molecule has 2 unspecified atom stereocenters. The number of halogens is 1. The number of carbonyl (C=O) groups is 2. The van der Waals surface area contributed by atoms with Crippen molar-refractivity contribution in [1.82, 2.24) is 0 Å². The minimum Gasteiger partial charge on any atom is -0.326 e.